The average Bonchev–Trinajstić information content (AvgIpc) is 3.20. The van der Waals surface area contributed by atoms with Crippen molar-refractivity contribution >= 4 is 0 Å². The molecule has 4 rings (SSSR count). The van der Waals surface area contributed by atoms with Crippen LogP contribution in [-0.2, 0) is 4.74 Å². The molecule has 3 fully saturated rings. The molecular weight excluding hydrogens is 394 g/mol. The van der Waals surface area contributed by atoms with E-state index in [1.165, 1.54) is 56.5 Å². The van der Waals surface area contributed by atoms with Gasteiger partial charge in [-0.25, -0.2) is 9.48 Å². The molecule has 0 amide bonds. The first kappa shape index (κ1) is 23.0. The van der Waals surface area contributed by atoms with Crippen LogP contribution in [0.1, 0.15) is 77.3 Å². The molecule has 1 N–H and O–H groups in total. The smallest absolute Gasteiger partial charge is 0.346 e. The molecule has 2 saturated carbocycles. The highest BCUT2D eigenvalue weighted by Crippen LogP contribution is 2.32. The SMILES string of the molecule is COC1CCC(N2CCN(C3CCC(n4cnn([C@@H](C)[C@@H](C)O)c4=O)CC3)CC2)CC1. The van der Waals surface area contributed by atoms with Crippen LogP contribution in [0.15, 0.2) is 11.1 Å². The van der Waals surface area contributed by atoms with Crippen molar-refractivity contribution in [2.75, 3.05) is 33.3 Å². The lowest BCUT2D eigenvalue weighted by Crippen LogP contribution is -2.54. The molecular formula is C23H41N5O3. The maximum Gasteiger partial charge on any atom is 0.346 e. The molecule has 1 aromatic heterocycles. The van der Waals surface area contributed by atoms with Gasteiger partial charge < -0.3 is 9.84 Å². The van der Waals surface area contributed by atoms with Crippen LogP contribution in [0.3, 0.4) is 0 Å². The molecule has 0 aromatic carbocycles. The van der Waals surface area contributed by atoms with Gasteiger partial charge in [0.15, 0.2) is 0 Å². The number of rotatable bonds is 6. The van der Waals surface area contributed by atoms with E-state index in [1.807, 2.05) is 14.0 Å². The first-order chi connectivity index (χ1) is 15.0. The molecule has 8 nitrogen and oxygen atoms in total. The molecule has 0 bridgehead atoms. The standard InChI is InChI=1S/C23H41N5O3/c1-17(18(2)29)28-23(30)27(16-24-28)21-6-4-19(5-7-21)25-12-14-26(15-13-25)20-8-10-22(31-3)11-9-20/h16-22,29H,4-15H2,1-3H3/t17-,18+,19?,20?,21?,22?/m0/s1. The van der Waals surface area contributed by atoms with Gasteiger partial charge in [0, 0.05) is 51.4 Å². The second-order valence-electron chi connectivity index (χ2n) is 9.95. The number of hydrogen-bond donors (Lipinski definition) is 1. The minimum absolute atomic E-state index is 0.0892. The van der Waals surface area contributed by atoms with E-state index in [1.54, 1.807) is 17.8 Å². The fraction of sp³-hybridized carbons (Fsp3) is 0.913. The van der Waals surface area contributed by atoms with Crippen LogP contribution in [0.2, 0.25) is 0 Å². The van der Waals surface area contributed by atoms with E-state index in [9.17, 15) is 9.90 Å². The predicted molar refractivity (Wildman–Crippen MR) is 120 cm³/mol. The summed E-state index contributed by atoms with van der Waals surface area (Å²) in [6, 6.07) is 1.32. The van der Waals surface area contributed by atoms with Crippen molar-refractivity contribution in [1.82, 2.24) is 24.1 Å². The second-order valence-corrected chi connectivity index (χ2v) is 9.95. The minimum atomic E-state index is -0.592. The van der Waals surface area contributed by atoms with Crippen LogP contribution >= 0.6 is 0 Å². The lowest BCUT2D eigenvalue weighted by molar-refractivity contribution is 0.0107. The van der Waals surface area contributed by atoms with Crippen molar-refractivity contribution in [1.29, 1.82) is 0 Å². The maximum atomic E-state index is 12.8. The van der Waals surface area contributed by atoms with Gasteiger partial charge in [-0.15, -0.1) is 0 Å². The van der Waals surface area contributed by atoms with E-state index in [0.29, 0.717) is 12.1 Å². The predicted octanol–water partition coefficient (Wildman–Crippen LogP) is 2.05. The normalized spacial score (nSPS) is 33.3. The molecule has 2 aliphatic carbocycles. The first-order valence-electron chi connectivity index (χ1n) is 12.3. The van der Waals surface area contributed by atoms with Crippen molar-refractivity contribution in [2.24, 2.45) is 0 Å². The Morgan fingerprint density at radius 2 is 1.39 bits per heavy atom. The van der Waals surface area contributed by atoms with Crippen LogP contribution in [0.25, 0.3) is 0 Å². The van der Waals surface area contributed by atoms with Gasteiger partial charge in [-0.05, 0) is 65.2 Å². The van der Waals surface area contributed by atoms with Gasteiger partial charge in [0.05, 0.1) is 18.2 Å². The summed E-state index contributed by atoms with van der Waals surface area (Å²) in [6.45, 7) is 8.25. The molecule has 0 radical (unpaired) electrons. The summed E-state index contributed by atoms with van der Waals surface area (Å²) in [5, 5.41) is 14.1. The third-order valence-corrected chi connectivity index (χ3v) is 8.22. The topological polar surface area (TPSA) is 75.8 Å². The Hall–Kier alpha value is -1.22. The van der Waals surface area contributed by atoms with E-state index in [2.05, 4.69) is 14.9 Å². The molecule has 0 unspecified atom stereocenters. The number of hydrogen-bond acceptors (Lipinski definition) is 6. The third-order valence-electron chi connectivity index (χ3n) is 8.22. The molecule has 31 heavy (non-hydrogen) atoms. The highest BCUT2D eigenvalue weighted by atomic mass is 16.5. The minimum Gasteiger partial charge on any atom is -0.391 e. The fourth-order valence-electron chi connectivity index (χ4n) is 5.88. The lowest BCUT2D eigenvalue weighted by Gasteiger charge is -2.45. The summed E-state index contributed by atoms with van der Waals surface area (Å²) in [4.78, 5) is 18.2. The summed E-state index contributed by atoms with van der Waals surface area (Å²) in [5.41, 5.74) is -0.0892. The van der Waals surface area contributed by atoms with Crippen molar-refractivity contribution in [2.45, 2.75) is 102 Å². The van der Waals surface area contributed by atoms with Gasteiger partial charge in [-0.3, -0.25) is 14.4 Å². The van der Waals surface area contributed by atoms with Crippen molar-refractivity contribution in [3.8, 4) is 0 Å². The van der Waals surface area contributed by atoms with E-state index >= 15 is 0 Å². The third kappa shape index (κ3) is 5.07. The van der Waals surface area contributed by atoms with E-state index in [-0.39, 0.29) is 17.8 Å². The Balaban J connectivity index is 1.24. The number of ether oxygens (including phenoxy) is 1. The quantitative estimate of drug-likeness (QED) is 0.737. The largest absolute Gasteiger partial charge is 0.391 e. The number of aromatic nitrogens is 3. The number of nitrogens with zero attached hydrogens (tertiary/aromatic N) is 5. The summed E-state index contributed by atoms with van der Waals surface area (Å²) >= 11 is 0. The summed E-state index contributed by atoms with van der Waals surface area (Å²) in [5.74, 6) is 0. The van der Waals surface area contributed by atoms with Crippen LogP contribution in [-0.4, -0.2) is 86.8 Å². The van der Waals surface area contributed by atoms with Crippen molar-refractivity contribution < 1.29 is 9.84 Å². The number of aliphatic hydroxyl groups excluding tert-OH is 1. The summed E-state index contributed by atoms with van der Waals surface area (Å²) in [6.07, 6.45) is 10.9. The Kier molecular flexibility index (Phi) is 7.52. The van der Waals surface area contributed by atoms with Gasteiger partial charge in [-0.1, -0.05) is 0 Å². The molecule has 0 spiro atoms. The van der Waals surface area contributed by atoms with Gasteiger partial charge in [0.2, 0.25) is 0 Å². The zero-order valence-corrected chi connectivity index (χ0v) is 19.5. The summed E-state index contributed by atoms with van der Waals surface area (Å²) in [7, 11) is 1.84. The Labute approximate surface area is 186 Å². The highest BCUT2D eigenvalue weighted by molar-refractivity contribution is 4.89. The van der Waals surface area contributed by atoms with Crippen molar-refractivity contribution in [3.05, 3.63) is 16.8 Å². The Bertz CT molecular complexity index is 739. The van der Waals surface area contributed by atoms with Crippen LogP contribution in [0, 0.1) is 0 Å². The lowest BCUT2D eigenvalue weighted by atomic mass is 9.89. The average molecular weight is 436 g/mol. The molecule has 2 atom stereocenters. The molecule has 1 aliphatic heterocycles. The van der Waals surface area contributed by atoms with Crippen molar-refractivity contribution in [3.63, 3.8) is 0 Å². The van der Waals surface area contributed by atoms with Crippen LogP contribution in [0.4, 0.5) is 0 Å². The maximum absolute atomic E-state index is 12.8. The van der Waals surface area contributed by atoms with Gasteiger partial charge in [0.1, 0.15) is 6.33 Å². The summed E-state index contributed by atoms with van der Waals surface area (Å²) < 4.78 is 8.75. The second kappa shape index (κ2) is 10.1. The molecule has 1 aromatic rings. The van der Waals surface area contributed by atoms with E-state index < -0.39 is 6.10 Å². The zero-order valence-electron chi connectivity index (χ0n) is 19.5. The highest BCUT2D eigenvalue weighted by Gasteiger charge is 2.33. The van der Waals surface area contributed by atoms with E-state index in [4.69, 9.17) is 4.74 Å². The Morgan fingerprint density at radius 3 is 1.87 bits per heavy atom. The number of aliphatic hydroxyl groups is 1. The zero-order chi connectivity index (χ0) is 22.0. The molecule has 8 heteroatoms. The van der Waals surface area contributed by atoms with Gasteiger partial charge in [0.25, 0.3) is 0 Å². The van der Waals surface area contributed by atoms with Crippen LogP contribution < -0.4 is 5.69 Å². The number of methoxy groups -OCH3 is 1. The monoisotopic (exact) mass is 435 g/mol. The van der Waals surface area contributed by atoms with Gasteiger partial charge in [-0.2, -0.15) is 5.10 Å². The molecule has 3 aliphatic rings. The van der Waals surface area contributed by atoms with Crippen LogP contribution in [0.5, 0.6) is 0 Å². The van der Waals surface area contributed by atoms with E-state index in [0.717, 1.165) is 31.7 Å². The Morgan fingerprint density at radius 1 is 0.903 bits per heavy atom. The first-order valence-corrected chi connectivity index (χ1v) is 12.3. The molecule has 2 heterocycles. The number of piperazine rings is 1. The molecule has 176 valence electrons. The fourth-order valence-corrected chi connectivity index (χ4v) is 5.88. The molecule has 1 saturated heterocycles. The van der Waals surface area contributed by atoms with Gasteiger partial charge >= 0.3 is 5.69 Å².